The summed E-state index contributed by atoms with van der Waals surface area (Å²) in [6.07, 6.45) is 3.92. The first-order valence-electron chi connectivity index (χ1n) is 10.5. The van der Waals surface area contributed by atoms with Crippen LogP contribution in [-0.2, 0) is 0 Å². The van der Waals surface area contributed by atoms with Gasteiger partial charge in [0.2, 0.25) is 0 Å². The molecule has 0 aliphatic carbocycles. The van der Waals surface area contributed by atoms with Gasteiger partial charge in [-0.3, -0.25) is 4.90 Å². The smallest absolute Gasteiger partial charge is 0.360 e. The molecule has 1 aromatic carbocycles. The van der Waals surface area contributed by atoms with Crippen molar-refractivity contribution in [3.63, 3.8) is 0 Å². The van der Waals surface area contributed by atoms with Crippen molar-refractivity contribution < 1.29 is 9.15 Å². The predicted molar refractivity (Wildman–Crippen MR) is 113 cm³/mol. The van der Waals surface area contributed by atoms with Crippen LogP contribution < -0.4 is 15.3 Å². The second kappa shape index (κ2) is 8.53. The third kappa shape index (κ3) is 4.18. The molecular formula is C22H31N3O3. The molecule has 6 heteroatoms. The SMILES string of the molecule is Cc1c(N2CCN(C)CC2)c(=O)oc2cc(OCCN3CCCCC3)ccc12. The second-order valence-electron chi connectivity index (χ2n) is 8.06. The van der Waals surface area contributed by atoms with Gasteiger partial charge >= 0.3 is 5.63 Å². The topological polar surface area (TPSA) is 49.2 Å². The largest absolute Gasteiger partial charge is 0.492 e. The molecule has 0 unspecified atom stereocenters. The lowest BCUT2D eigenvalue weighted by Crippen LogP contribution is -2.46. The zero-order chi connectivity index (χ0) is 19.5. The molecule has 2 aliphatic heterocycles. The summed E-state index contributed by atoms with van der Waals surface area (Å²) >= 11 is 0. The van der Waals surface area contributed by atoms with Gasteiger partial charge in [0.25, 0.3) is 0 Å². The van der Waals surface area contributed by atoms with Gasteiger partial charge < -0.3 is 19.0 Å². The Balaban J connectivity index is 1.49. The zero-order valence-corrected chi connectivity index (χ0v) is 17.1. The lowest BCUT2D eigenvalue weighted by Gasteiger charge is -2.34. The average molecular weight is 386 g/mol. The number of ether oxygens (including phenoxy) is 1. The summed E-state index contributed by atoms with van der Waals surface area (Å²) in [6.45, 7) is 9.59. The number of anilines is 1. The maximum Gasteiger partial charge on any atom is 0.360 e. The number of aryl methyl sites for hydroxylation is 1. The van der Waals surface area contributed by atoms with Crippen LogP contribution in [0.25, 0.3) is 11.0 Å². The Bertz CT molecular complexity index is 865. The number of rotatable bonds is 5. The van der Waals surface area contributed by atoms with Crippen LogP contribution in [0, 0.1) is 6.92 Å². The molecule has 28 heavy (non-hydrogen) atoms. The molecule has 1 aromatic heterocycles. The van der Waals surface area contributed by atoms with E-state index in [9.17, 15) is 4.79 Å². The molecule has 2 aromatic rings. The van der Waals surface area contributed by atoms with E-state index in [1.165, 1.54) is 32.4 Å². The van der Waals surface area contributed by atoms with E-state index >= 15 is 0 Å². The summed E-state index contributed by atoms with van der Waals surface area (Å²) in [6, 6.07) is 5.86. The molecule has 0 bridgehead atoms. The van der Waals surface area contributed by atoms with Crippen LogP contribution in [-0.4, -0.2) is 69.3 Å². The normalized spacial score (nSPS) is 19.3. The zero-order valence-electron chi connectivity index (χ0n) is 17.1. The minimum Gasteiger partial charge on any atom is -0.492 e. The quantitative estimate of drug-likeness (QED) is 0.738. The van der Waals surface area contributed by atoms with E-state index in [1.54, 1.807) is 0 Å². The molecule has 0 atom stereocenters. The summed E-state index contributed by atoms with van der Waals surface area (Å²) in [5.41, 5.74) is 2.06. The number of fused-ring (bicyclic) bond motifs is 1. The van der Waals surface area contributed by atoms with E-state index < -0.39 is 0 Å². The van der Waals surface area contributed by atoms with Gasteiger partial charge in [0, 0.05) is 44.2 Å². The first-order valence-corrected chi connectivity index (χ1v) is 10.5. The van der Waals surface area contributed by atoms with Crippen molar-refractivity contribution in [1.29, 1.82) is 0 Å². The molecule has 6 nitrogen and oxygen atoms in total. The van der Waals surface area contributed by atoms with E-state index in [0.29, 0.717) is 17.9 Å². The highest BCUT2D eigenvalue weighted by Crippen LogP contribution is 2.28. The summed E-state index contributed by atoms with van der Waals surface area (Å²) in [5, 5.41) is 0.983. The highest BCUT2D eigenvalue weighted by molar-refractivity contribution is 5.85. The van der Waals surface area contributed by atoms with Gasteiger partial charge in [0.1, 0.15) is 23.6 Å². The standard InChI is InChI=1S/C22H31N3O3/c1-17-19-7-6-18(27-15-14-24-8-4-3-5-9-24)16-20(19)28-22(26)21(17)25-12-10-23(2)11-13-25/h6-7,16H,3-5,8-15H2,1-2H3. The summed E-state index contributed by atoms with van der Waals surface area (Å²) < 4.78 is 11.6. The molecule has 0 amide bonds. The maximum atomic E-state index is 12.7. The van der Waals surface area contributed by atoms with Crippen molar-refractivity contribution in [3.05, 3.63) is 34.2 Å². The Morgan fingerprint density at radius 3 is 2.54 bits per heavy atom. The van der Waals surface area contributed by atoms with Crippen molar-refractivity contribution in [2.45, 2.75) is 26.2 Å². The van der Waals surface area contributed by atoms with Gasteiger partial charge in [0.15, 0.2) is 0 Å². The van der Waals surface area contributed by atoms with Crippen LogP contribution in [0.1, 0.15) is 24.8 Å². The molecule has 0 spiro atoms. The van der Waals surface area contributed by atoms with Crippen LogP contribution in [0.3, 0.4) is 0 Å². The Morgan fingerprint density at radius 1 is 1.04 bits per heavy atom. The van der Waals surface area contributed by atoms with Gasteiger partial charge in [-0.2, -0.15) is 0 Å². The summed E-state index contributed by atoms with van der Waals surface area (Å²) in [4.78, 5) is 19.6. The molecule has 2 aliphatic rings. The minimum absolute atomic E-state index is 0.250. The maximum absolute atomic E-state index is 12.7. The molecule has 0 saturated carbocycles. The highest BCUT2D eigenvalue weighted by Gasteiger charge is 2.21. The van der Waals surface area contributed by atoms with E-state index in [2.05, 4.69) is 21.7 Å². The fourth-order valence-corrected chi connectivity index (χ4v) is 4.29. The predicted octanol–water partition coefficient (Wildman–Crippen LogP) is 2.72. The molecule has 0 radical (unpaired) electrons. The molecule has 152 valence electrons. The Morgan fingerprint density at radius 2 is 1.79 bits per heavy atom. The number of hydrogen-bond donors (Lipinski definition) is 0. The van der Waals surface area contributed by atoms with Gasteiger partial charge in [-0.05, 0) is 57.6 Å². The lowest BCUT2D eigenvalue weighted by molar-refractivity contribution is 0.183. The van der Waals surface area contributed by atoms with Crippen molar-refractivity contribution in [3.8, 4) is 5.75 Å². The Kier molecular flexibility index (Phi) is 5.87. The number of piperazine rings is 1. The first-order chi connectivity index (χ1) is 13.6. The van der Waals surface area contributed by atoms with E-state index in [4.69, 9.17) is 9.15 Å². The molecular weight excluding hydrogens is 354 g/mol. The third-order valence-corrected chi connectivity index (χ3v) is 6.05. The average Bonchev–Trinajstić information content (AvgIpc) is 2.70. The Labute approximate surface area is 166 Å². The molecule has 2 fully saturated rings. The summed E-state index contributed by atoms with van der Waals surface area (Å²) in [5.74, 6) is 0.763. The number of hydrogen-bond acceptors (Lipinski definition) is 6. The fraction of sp³-hybridized carbons (Fsp3) is 0.591. The van der Waals surface area contributed by atoms with Gasteiger partial charge in [0.05, 0.1) is 0 Å². The highest BCUT2D eigenvalue weighted by atomic mass is 16.5. The van der Waals surface area contributed by atoms with Gasteiger partial charge in [-0.15, -0.1) is 0 Å². The first kappa shape index (κ1) is 19.3. The summed E-state index contributed by atoms with van der Waals surface area (Å²) in [7, 11) is 2.11. The van der Waals surface area contributed by atoms with Crippen LogP contribution >= 0.6 is 0 Å². The molecule has 4 rings (SSSR count). The number of likely N-dealkylation sites (N-methyl/N-ethyl adjacent to an activating group) is 1. The lowest BCUT2D eigenvalue weighted by atomic mass is 10.1. The molecule has 3 heterocycles. The number of likely N-dealkylation sites (tertiary alicyclic amines) is 1. The number of piperidine rings is 1. The third-order valence-electron chi connectivity index (χ3n) is 6.05. The van der Waals surface area contributed by atoms with Crippen LogP contribution in [0.4, 0.5) is 5.69 Å². The van der Waals surface area contributed by atoms with E-state index in [1.807, 2.05) is 25.1 Å². The monoisotopic (exact) mass is 385 g/mol. The van der Waals surface area contributed by atoms with Gasteiger partial charge in [-0.1, -0.05) is 6.42 Å². The number of nitrogens with zero attached hydrogens (tertiary/aromatic N) is 3. The van der Waals surface area contributed by atoms with Crippen molar-refractivity contribution in [2.24, 2.45) is 0 Å². The Hall–Kier alpha value is -2.05. The van der Waals surface area contributed by atoms with Crippen molar-refractivity contribution in [1.82, 2.24) is 9.80 Å². The van der Waals surface area contributed by atoms with Gasteiger partial charge in [-0.25, -0.2) is 4.79 Å². The van der Waals surface area contributed by atoms with Crippen molar-refractivity contribution >= 4 is 16.7 Å². The second-order valence-corrected chi connectivity index (χ2v) is 8.06. The van der Waals surface area contributed by atoms with Crippen LogP contribution in [0.2, 0.25) is 0 Å². The number of benzene rings is 1. The van der Waals surface area contributed by atoms with Crippen LogP contribution in [0.15, 0.2) is 27.4 Å². The van der Waals surface area contributed by atoms with Crippen molar-refractivity contribution in [2.75, 3.05) is 64.4 Å². The molecule has 0 N–H and O–H groups in total. The minimum atomic E-state index is -0.250. The van der Waals surface area contributed by atoms with Crippen LogP contribution in [0.5, 0.6) is 5.75 Å². The van der Waals surface area contributed by atoms with E-state index in [0.717, 1.165) is 49.4 Å². The fourth-order valence-electron chi connectivity index (χ4n) is 4.29. The molecule has 2 saturated heterocycles. The van der Waals surface area contributed by atoms with E-state index in [-0.39, 0.29) is 5.63 Å².